The van der Waals surface area contributed by atoms with Crippen LogP contribution in [0.4, 0.5) is 0 Å². The van der Waals surface area contributed by atoms with E-state index in [0.29, 0.717) is 31.1 Å². The van der Waals surface area contributed by atoms with Crippen LogP contribution in [0, 0.1) is 0 Å². The molecule has 2 unspecified atom stereocenters. The Labute approximate surface area is 163 Å². The van der Waals surface area contributed by atoms with E-state index in [1.807, 2.05) is 12.1 Å². The summed E-state index contributed by atoms with van der Waals surface area (Å²) in [5.41, 5.74) is 2.68. The average molecular weight is 386 g/mol. The second kappa shape index (κ2) is 7.98. The molecule has 2 fully saturated rings. The molecule has 0 radical (unpaired) electrons. The number of nitrogens with one attached hydrogen (secondary N) is 2. The molecule has 3 heterocycles. The fraction of sp³-hybridized carbons (Fsp3) is 0.550. The molecule has 2 saturated heterocycles. The van der Waals surface area contributed by atoms with Gasteiger partial charge in [0.1, 0.15) is 6.04 Å². The highest BCUT2D eigenvalue weighted by Gasteiger charge is 2.39. The summed E-state index contributed by atoms with van der Waals surface area (Å²) >= 11 is 0. The van der Waals surface area contributed by atoms with Crippen molar-refractivity contribution in [3.8, 4) is 0 Å². The predicted molar refractivity (Wildman–Crippen MR) is 101 cm³/mol. The van der Waals surface area contributed by atoms with Gasteiger partial charge in [0.2, 0.25) is 11.8 Å². The van der Waals surface area contributed by atoms with E-state index in [0.717, 1.165) is 37.2 Å². The van der Waals surface area contributed by atoms with Gasteiger partial charge in [0.25, 0.3) is 5.91 Å². The van der Waals surface area contributed by atoms with E-state index < -0.39 is 6.04 Å². The number of aliphatic hydroxyl groups is 1. The molecule has 3 aliphatic rings. The lowest BCUT2D eigenvalue weighted by atomic mass is 10.0. The summed E-state index contributed by atoms with van der Waals surface area (Å²) in [5, 5.41) is 14.6. The van der Waals surface area contributed by atoms with E-state index in [1.165, 1.54) is 0 Å². The molecule has 0 aromatic heterocycles. The fourth-order valence-electron chi connectivity index (χ4n) is 4.37. The Hall–Kier alpha value is -2.29. The van der Waals surface area contributed by atoms with Crippen molar-refractivity contribution in [1.29, 1.82) is 0 Å². The number of nitrogens with zero attached hydrogens (tertiary/aromatic N) is 2. The molecule has 150 valence electrons. The first-order valence-electron chi connectivity index (χ1n) is 9.88. The van der Waals surface area contributed by atoms with Crippen molar-refractivity contribution >= 4 is 17.7 Å². The Kier molecular flexibility index (Phi) is 5.43. The third kappa shape index (κ3) is 3.80. The highest BCUT2D eigenvalue weighted by molar-refractivity contribution is 6.05. The van der Waals surface area contributed by atoms with E-state index in [2.05, 4.69) is 21.6 Å². The molecule has 4 rings (SSSR count). The summed E-state index contributed by atoms with van der Waals surface area (Å²) < 4.78 is 0. The van der Waals surface area contributed by atoms with Crippen LogP contribution in [-0.2, 0) is 22.7 Å². The number of fused-ring (bicyclic) bond motifs is 1. The van der Waals surface area contributed by atoms with Crippen LogP contribution in [0.25, 0.3) is 0 Å². The Morgan fingerprint density at radius 1 is 1.21 bits per heavy atom. The molecule has 0 saturated carbocycles. The molecule has 8 nitrogen and oxygen atoms in total. The van der Waals surface area contributed by atoms with E-state index in [-0.39, 0.29) is 30.7 Å². The summed E-state index contributed by atoms with van der Waals surface area (Å²) in [4.78, 5) is 40.3. The number of benzene rings is 1. The van der Waals surface area contributed by atoms with Crippen molar-refractivity contribution in [3.05, 3.63) is 34.9 Å². The van der Waals surface area contributed by atoms with Gasteiger partial charge in [0.15, 0.2) is 0 Å². The molecule has 8 heteroatoms. The summed E-state index contributed by atoms with van der Waals surface area (Å²) in [6, 6.07) is 5.79. The molecule has 2 atom stereocenters. The number of amides is 3. The maximum atomic E-state index is 12.9. The minimum atomic E-state index is -0.571. The van der Waals surface area contributed by atoms with Crippen LogP contribution in [0.3, 0.4) is 0 Å². The molecule has 0 bridgehead atoms. The summed E-state index contributed by atoms with van der Waals surface area (Å²) in [7, 11) is 0. The van der Waals surface area contributed by atoms with Crippen molar-refractivity contribution in [3.63, 3.8) is 0 Å². The lowest BCUT2D eigenvalue weighted by Gasteiger charge is -2.29. The number of piperidine rings is 1. The van der Waals surface area contributed by atoms with Crippen LogP contribution in [0.5, 0.6) is 0 Å². The third-order valence-corrected chi connectivity index (χ3v) is 5.82. The largest absolute Gasteiger partial charge is 0.395 e. The van der Waals surface area contributed by atoms with Crippen molar-refractivity contribution < 1.29 is 19.5 Å². The van der Waals surface area contributed by atoms with Gasteiger partial charge in [-0.05, 0) is 30.0 Å². The van der Waals surface area contributed by atoms with Crippen molar-refractivity contribution in [2.45, 2.75) is 44.4 Å². The van der Waals surface area contributed by atoms with Crippen LogP contribution in [-0.4, -0.2) is 71.0 Å². The summed E-state index contributed by atoms with van der Waals surface area (Å²) in [6.07, 6.45) is 1.70. The summed E-state index contributed by atoms with van der Waals surface area (Å²) in [6.45, 7) is 3.85. The Balaban J connectivity index is 1.41. The van der Waals surface area contributed by atoms with Crippen LogP contribution in [0.15, 0.2) is 18.2 Å². The van der Waals surface area contributed by atoms with Crippen LogP contribution < -0.4 is 10.6 Å². The van der Waals surface area contributed by atoms with Gasteiger partial charge in [-0.1, -0.05) is 12.1 Å². The lowest BCUT2D eigenvalue weighted by Crippen LogP contribution is -2.52. The standard InChI is InChI=1S/C20H26N4O4/c25-8-6-21-15-5-7-23(12-15)10-13-1-2-14-11-24(20(28)16(14)9-13)17-3-4-18(26)22-19(17)27/h1-2,9,15,17,21,25H,3-8,10-12H2,(H,22,26,27). The first-order chi connectivity index (χ1) is 13.5. The van der Waals surface area contributed by atoms with Gasteiger partial charge < -0.3 is 15.3 Å². The molecule has 0 aliphatic carbocycles. The van der Waals surface area contributed by atoms with Crippen LogP contribution >= 0.6 is 0 Å². The minimum Gasteiger partial charge on any atom is -0.395 e. The second-order valence-corrected chi connectivity index (χ2v) is 7.79. The van der Waals surface area contributed by atoms with Crippen LogP contribution in [0.2, 0.25) is 0 Å². The minimum absolute atomic E-state index is 0.129. The van der Waals surface area contributed by atoms with Gasteiger partial charge in [0.05, 0.1) is 6.61 Å². The van der Waals surface area contributed by atoms with Crippen molar-refractivity contribution in [2.75, 3.05) is 26.2 Å². The molecule has 3 amide bonds. The highest BCUT2D eigenvalue weighted by atomic mass is 16.3. The molecule has 1 aromatic carbocycles. The topological polar surface area (TPSA) is 102 Å². The number of imide groups is 1. The number of aliphatic hydroxyl groups excluding tert-OH is 1. The van der Waals surface area contributed by atoms with Gasteiger partial charge in [-0.15, -0.1) is 0 Å². The van der Waals surface area contributed by atoms with E-state index in [9.17, 15) is 14.4 Å². The maximum Gasteiger partial charge on any atom is 0.255 e. The van der Waals surface area contributed by atoms with Crippen molar-refractivity contribution in [1.82, 2.24) is 20.4 Å². The number of carbonyl (C=O) groups excluding carboxylic acids is 3. The number of hydrogen-bond acceptors (Lipinski definition) is 6. The zero-order chi connectivity index (χ0) is 19.7. The number of likely N-dealkylation sites (tertiary alicyclic amines) is 1. The number of hydrogen-bond donors (Lipinski definition) is 3. The molecule has 28 heavy (non-hydrogen) atoms. The van der Waals surface area contributed by atoms with Crippen LogP contribution in [0.1, 0.15) is 40.7 Å². The monoisotopic (exact) mass is 386 g/mol. The average Bonchev–Trinajstić information content (AvgIpc) is 3.25. The SMILES string of the molecule is O=C1CCC(N2Cc3ccc(CN4CCC(NCCO)C4)cc3C2=O)C(=O)N1. The molecule has 1 aromatic rings. The Morgan fingerprint density at radius 2 is 2.07 bits per heavy atom. The summed E-state index contributed by atoms with van der Waals surface area (Å²) in [5.74, 6) is -0.781. The maximum absolute atomic E-state index is 12.9. The zero-order valence-corrected chi connectivity index (χ0v) is 15.8. The van der Waals surface area contributed by atoms with E-state index >= 15 is 0 Å². The number of carbonyl (C=O) groups is 3. The van der Waals surface area contributed by atoms with Gasteiger partial charge in [0, 0.05) is 50.7 Å². The second-order valence-electron chi connectivity index (χ2n) is 7.79. The third-order valence-electron chi connectivity index (χ3n) is 5.82. The zero-order valence-electron chi connectivity index (χ0n) is 15.8. The van der Waals surface area contributed by atoms with Gasteiger partial charge in [-0.3, -0.25) is 24.6 Å². The quantitative estimate of drug-likeness (QED) is 0.576. The van der Waals surface area contributed by atoms with E-state index in [4.69, 9.17) is 5.11 Å². The van der Waals surface area contributed by atoms with Crippen molar-refractivity contribution in [2.24, 2.45) is 0 Å². The Bertz CT molecular complexity index is 796. The molecule has 0 spiro atoms. The molecular formula is C20H26N4O4. The normalized spacial score (nSPS) is 25.3. The highest BCUT2D eigenvalue weighted by Crippen LogP contribution is 2.28. The Morgan fingerprint density at radius 3 is 2.86 bits per heavy atom. The molecule has 3 aliphatic heterocycles. The molecular weight excluding hydrogens is 360 g/mol. The number of rotatable bonds is 6. The van der Waals surface area contributed by atoms with Gasteiger partial charge in [-0.25, -0.2) is 0 Å². The molecule has 3 N–H and O–H groups in total. The lowest BCUT2D eigenvalue weighted by molar-refractivity contribution is -0.136. The predicted octanol–water partition coefficient (Wildman–Crippen LogP) is -0.396. The smallest absolute Gasteiger partial charge is 0.255 e. The van der Waals surface area contributed by atoms with Gasteiger partial charge in [-0.2, -0.15) is 0 Å². The first-order valence-corrected chi connectivity index (χ1v) is 9.88. The fourth-order valence-corrected chi connectivity index (χ4v) is 4.37. The van der Waals surface area contributed by atoms with E-state index in [1.54, 1.807) is 4.90 Å². The first kappa shape index (κ1) is 19.0. The van der Waals surface area contributed by atoms with Gasteiger partial charge >= 0.3 is 0 Å².